The van der Waals surface area contributed by atoms with Gasteiger partial charge in [0.2, 0.25) is 0 Å². The van der Waals surface area contributed by atoms with Crippen molar-refractivity contribution < 1.29 is 18.3 Å². The molecule has 110 valence electrons. The molecule has 3 rings (SSSR count). The van der Waals surface area contributed by atoms with Crippen molar-refractivity contribution >= 4 is 5.69 Å². The zero-order valence-electron chi connectivity index (χ0n) is 11.5. The van der Waals surface area contributed by atoms with Crippen LogP contribution in [0.1, 0.15) is 18.5 Å². The Kier molecular flexibility index (Phi) is 3.64. The van der Waals surface area contributed by atoms with E-state index in [2.05, 4.69) is 5.32 Å². The van der Waals surface area contributed by atoms with Crippen molar-refractivity contribution in [2.75, 3.05) is 18.5 Å². The van der Waals surface area contributed by atoms with Crippen LogP contribution in [0.5, 0.6) is 11.5 Å². The highest BCUT2D eigenvalue weighted by molar-refractivity contribution is 5.64. The van der Waals surface area contributed by atoms with Gasteiger partial charge in [-0.15, -0.1) is 0 Å². The summed E-state index contributed by atoms with van der Waals surface area (Å²) >= 11 is 0. The van der Waals surface area contributed by atoms with Crippen LogP contribution in [0.3, 0.4) is 0 Å². The summed E-state index contributed by atoms with van der Waals surface area (Å²) in [6.45, 7) is 2.65. The first-order valence-corrected chi connectivity index (χ1v) is 6.76. The fraction of sp³-hybridized carbons (Fsp3) is 0.250. The average molecular weight is 291 g/mol. The molecule has 21 heavy (non-hydrogen) atoms. The van der Waals surface area contributed by atoms with Gasteiger partial charge in [0, 0.05) is 5.56 Å². The summed E-state index contributed by atoms with van der Waals surface area (Å²) in [5.41, 5.74) is 0.661. The SMILES string of the molecule is CC(Nc1cccc2c1OCCO2)c1c(F)cccc1F. The fourth-order valence-corrected chi connectivity index (χ4v) is 2.42. The van der Waals surface area contributed by atoms with Crippen LogP contribution in [0.2, 0.25) is 0 Å². The standard InChI is InChI=1S/C16H15F2NO2/c1-10(15-11(17)4-2-5-12(15)18)19-13-6-3-7-14-16(13)21-9-8-20-14/h2-7,10,19H,8-9H2,1H3. The predicted octanol–water partition coefficient (Wildman–Crippen LogP) is 3.91. The number of anilines is 1. The van der Waals surface area contributed by atoms with Crippen molar-refractivity contribution in [3.8, 4) is 11.5 Å². The minimum absolute atomic E-state index is 0.00632. The summed E-state index contributed by atoms with van der Waals surface area (Å²) < 4.78 is 38.7. The first-order valence-electron chi connectivity index (χ1n) is 6.76. The molecule has 0 amide bonds. The van der Waals surface area contributed by atoms with E-state index in [1.807, 2.05) is 0 Å². The Morgan fingerprint density at radius 1 is 1.00 bits per heavy atom. The highest BCUT2D eigenvalue weighted by Gasteiger charge is 2.20. The molecule has 0 aliphatic carbocycles. The van der Waals surface area contributed by atoms with E-state index < -0.39 is 17.7 Å². The third-order valence-corrected chi connectivity index (χ3v) is 3.37. The second kappa shape index (κ2) is 5.60. The number of benzene rings is 2. The lowest BCUT2D eigenvalue weighted by Crippen LogP contribution is -2.18. The zero-order chi connectivity index (χ0) is 14.8. The van der Waals surface area contributed by atoms with Gasteiger partial charge >= 0.3 is 0 Å². The Morgan fingerprint density at radius 2 is 1.67 bits per heavy atom. The second-order valence-corrected chi connectivity index (χ2v) is 4.83. The maximum atomic E-state index is 13.8. The molecule has 3 nitrogen and oxygen atoms in total. The fourth-order valence-electron chi connectivity index (χ4n) is 2.42. The largest absolute Gasteiger partial charge is 0.486 e. The first-order chi connectivity index (χ1) is 10.2. The molecule has 0 saturated heterocycles. The van der Waals surface area contributed by atoms with Gasteiger partial charge in [0.15, 0.2) is 11.5 Å². The monoisotopic (exact) mass is 291 g/mol. The molecule has 1 heterocycles. The van der Waals surface area contributed by atoms with Gasteiger partial charge in [-0.1, -0.05) is 12.1 Å². The molecule has 0 aromatic heterocycles. The molecule has 1 atom stereocenters. The number of nitrogens with one attached hydrogen (secondary N) is 1. The number of hydrogen-bond donors (Lipinski definition) is 1. The molecule has 0 fully saturated rings. The zero-order valence-corrected chi connectivity index (χ0v) is 11.5. The van der Waals surface area contributed by atoms with Crippen LogP contribution in [-0.2, 0) is 0 Å². The van der Waals surface area contributed by atoms with E-state index in [0.717, 1.165) is 0 Å². The van der Waals surface area contributed by atoms with Crippen molar-refractivity contribution in [2.45, 2.75) is 13.0 Å². The highest BCUT2D eigenvalue weighted by atomic mass is 19.1. The van der Waals surface area contributed by atoms with Crippen molar-refractivity contribution in [1.82, 2.24) is 0 Å². The predicted molar refractivity (Wildman–Crippen MR) is 75.8 cm³/mol. The Labute approximate surface area is 121 Å². The van der Waals surface area contributed by atoms with Gasteiger partial charge in [0.25, 0.3) is 0 Å². The quantitative estimate of drug-likeness (QED) is 0.930. The Hall–Kier alpha value is -2.30. The maximum absolute atomic E-state index is 13.8. The molecule has 1 N–H and O–H groups in total. The topological polar surface area (TPSA) is 30.5 Å². The van der Waals surface area contributed by atoms with Gasteiger partial charge in [0.05, 0.1) is 11.7 Å². The molecule has 0 bridgehead atoms. The average Bonchev–Trinajstić information content (AvgIpc) is 2.47. The molecular formula is C16H15F2NO2. The van der Waals surface area contributed by atoms with E-state index in [1.165, 1.54) is 18.2 Å². The lowest BCUT2D eigenvalue weighted by Gasteiger charge is -2.24. The maximum Gasteiger partial charge on any atom is 0.184 e. The third kappa shape index (κ3) is 2.63. The number of ether oxygens (including phenoxy) is 2. The van der Waals surface area contributed by atoms with E-state index in [-0.39, 0.29) is 5.56 Å². The summed E-state index contributed by atoms with van der Waals surface area (Å²) in [7, 11) is 0. The summed E-state index contributed by atoms with van der Waals surface area (Å²) in [6.07, 6.45) is 0. The molecule has 0 saturated carbocycles. The highest BCUT2D eigenvalue weighted by Crippen LogP contribution is 2.39. The van der Waals surface area contributed by atoms with Crippen molar-refractivity contribution in [1.29, 1.82) is 0 Å². The van der Waals surface area contributed by atoms with Crippen molar-refractivity contribution in [3.05, 3.63) is 53.6 Å². The van der Waals surface area contributed by atoms with E-state index in [9.17, 15) is 8.78 Å². The van der Waals surface area contributed by atoms with Gasteiger partial charge in [-0.05, 0) is 31.2 Å². The number of rotatable bonds is 3. The minimum Gasteiger partial charge on any atom is -0.486 e. The van der Waals surface area contributed by atoms with E-state index in [0.29, 0.717) is 30.4 Å². The molecular weight excluding hydrogens is 276 g/mol. The number of para-hydroxylation sites is 1. The van der Waals surface area contributed by atoms with Gasteiger partial charge < -0.3 is 14.8 Å². The van der Waals surface area contributed by atoms with Crippen LogP contribution in [0, 0.1) is 11.6 Å². The van der Waals surface area contributed by atoms with Crippen molar-refractivity contribution in [3.63, 3.8) is 0 Å². The van der Waals surface area contributed by atoms with Crippen LogP contribution in [0.4, 0.5) is 14.5 Å². The molecule has 2 aromatic carbocycles. The van der Waals surface area contributed by atoms with Crippen LogP contribution >= 0.6 is 0 Å². The third-order valence-electron chi connectivity index (χ3n) is 3.37. The minimum atomic E-state index is -0.572. The van der Waals surface area contributed by atoms with E-state index in [4.69, 9.17) is 9.47 Å². The van der Waals surface area contributed by atoms with Crippen LogP contribution in [0.15, 0.2) is 36.4 Å². The molecule has 0 radical (unpaired) electrons. The molecule has 5 heteroatoms. The summed E-state index contributed by atoms with van der Waals surface area (Å²) in [5.74, 6) is 0.0636. The van der Waals surface area contributed by atoms with Gasteiger partial charge in [-0.3, -0.25) is 0 Å². The van der Waals surface area contributed by atoms with Crippen LogP contribution < -0.4 is 14.8 Å². The van der Waals surface area contributed by atoms with Crippen LogP contribution in [-0.4, -0.2) is 13.2 Å². The van der Waals surface area contributed by atoms with Crippen molar-refractivity contribution in [2.24, 2.45) is 0 Å². The molecule has 1 aliphatic rings. The Balaban J connectivity index is 1.90. The van der Waals surface area contributed by atoms with Gasteiger partial charge in [-0.2, -0.15) is 0 Å². The number of halogens is 2. The number of hydrogen-bond acceptors (Lipinski definition) is 3. The number of fused-ring (bicyclic) bond motifs is 1. The van der Waals surface area contributed by atoms with E-state index in [1.54, 1.807) is 25.1 Å². The lowest BCUT2D eigenvalue weighted by atomic mass is 10.1. The molecule has 1 aliphatic heterocycles. The lowest BCUT2D eigenvalue weighted by molar-refractivity contribution is 0.172. The van der Waals surface area contributed by atoms with Gasteiger partial charge in [0.1, 0.15) is 24.8 Å². The molecule has 1 unspecified atom stereocenters. The summed E-state index contributed by atoms with van der Waals surface area (Å²) in [5, 5.41) is 3.08. The summed E-state index contributed by atoms with van der Waals surface area (Å²) in [4.78, 5) is 0. The van der Waals surface area contributed by atoms with E-state index >= 15 is 0 Å². The molecule has 2 aromatic rings. The van der Waals surface area contributed by atoms with Crippen LogP contribution in [0.25, 0.3) is 0 Å². The summed E-state index contributed by atoms with van der Waals surface area (Å²) in [6, 6.07) is 8.70. The second-order valence-electron chi connectivity index (χ2n) is 4.83. The normalized spacial score (nSPS) is 14.6. The Bertz CT molecular complexity index is 640. The Morgan fingerprint density at radius 3 is 2.43 bits per heavy atom. The smallest absolute Gasteiger partial charge is 0.184 e. The molecule has 0 spiro atoms. The first kappa shape index (κ1) is 13.7. The van der Waals surface area contributed by atoms with Gasteiger partial charge in [-0.25, -0.2) is 8.78 Å².